The topological polar surface area (TPSA) is 65.0 Å². The van der Waals surface area contributed by atoms with Gasteiger partial charge < -0.3 is 8.83 Å². The zero-order valence-corrected chi connectivity index (χ0v) is 15.6. The Morgan fingerprint density at radius 3 is 2.66 bits per heavy atom. The lowest BCUT2D eigenvalue weighted by atomic mass is 9.99. The molecule has 3 aromatic carbocycles. The number of hydrogen-bond donors (Lipinski definition) is 0. The minimum absolute atomic E-state index is 0.780. The molecular formula is C24H15N3O2. The van der Waals surface area contributed by atoms with E-state index in [2.05, 4.69) is 40.1 Å². The van der Waals surface area contributed by atoms with Gasteiger partial charge in [0.05, 0.1) is 11.2 Å². The Morgan fingerprint density at radius 2 is 1.76 bits per heavy atom. The molecule has 0 unspecified atom stereocenters. The van der Waals surface area contributed by atoms with Crippen molar-refractivity contribution in [1.82, 2.24) is 15.0 Å². The molecule has 0 radical (unpaired) electrons. The molecule has 0 bridgehead atoms. The van der Waals surface area contributed by atoms with Gasteiger partial charge in [-0.25, -0.2) is 15.0 Å². The van der Waals surface area contributed by atoms with Crippen LogP contribution in [0.2, 0.25) is 0 Å². The molecule has 0 aliphatic rings. The molecule has 29 heavy (non-hydrogen) atoms. The fourth-order valence-electron chi connectivity index (χ4n) is 3.93. The maximum atomic E-state index is 6.24. The Labute approximate surface area is 165 Å². The molecule has 3 heterocycles. The van der Waals surface area contributed by atoms with Crippen LogP contribution in [-0.4, -0.2) is 15.0 Å². The van der Waals surface area contributed by atoms with E-state index in [-0.39, 0.29) is 0 Å². The van der Waals surface area contributed by atoms with Crippen LogP contribution in [0.4, 0.5) is 0 Å². The maximum absolute atomic E-state index is 6.24. The fourth-order valence-corrected chi connectivity index (χ4v) is 3.93. The van der Waals surface area contributed by atoms with Gasteiger partial charge in [0.15, 0.2) is 6.39 Å². The first kappa shape index (κ1) is 16.0. The van der Waals surface area contributed by atoms with E-state index in [1.807, 2.05) is 36.4 Å². The smallest absolute Gasteiger partial charge is 0.181 e. The Morgan fingerprint density at radius 1 is 0.828 bits per heavy atom. The zero-order valence-electron chi connectivity index (χ0n) is 15.6. The fraction of sp³-hybridized carbons (Fsp3) is 0.0417. The number of aromatic nitrogens is 3. The van der Waals surface area contributed by atoms with Gasteiger partial charge in [-0.2, -0.15) is 0 Å². The van der Waals surface area contributed by atoms with Crippen LogP contribution < -0.4 is 0 Å². The van der Waals surface area contributed by atoms with Crippen molar-refractivity contribution in [3.63, 3.8) is 0 Å². The summed E-state index contributed by atoms with van der Waals surface area (Å²) in [6.07, 6.45) is 4.65. The number of furan rings is 1. The molecule has 138 valence electrons. The first-order valence-electron chi connectivity index (χ1n) is 9.33. The summed E-state index contributed by atoms with van der Waals surface area (Å²) in [4.78, 5) is 13.3. The SMILES string of the molecule is Cc1cc(-c2ncnc3cc(-c4cocn4)ccc23)c2oc3ccccc3c2c1. The summed E-state index contributed by atoms with van der Waals surface area (Å²) in [7, 11) is 0. The van der Waals surface area contributed by atoms with E-state index >= 15 is 0 Å². The van der Waals surface area contributed by atoms with Crippen molar-refractivity contribution in [2.24, 2.45) is 0 Å². The van der Waals surface area contributed by atoms with Gasteiger partial charge in [0.25, 0.3) is 0 Å². The minimum atomic E-state index is 0.780. The lowest BCUT2D eigenvalue weighted by molar-refractivity contribution is 0.558. The van der Waals surface area contributed by atoms with Crippen molar-refractivity contribution in [1.29, 1.82) is 0 Å². The standard InChI is InChI=1S/C24H15N3O2/c1-14-8-18-16-4-2-3-5-22(16)29-24(18)19(9-14)23-17-7-6-15(21-11-28-13-27-21)10-20(17)25-12-26-23/h2-13H,1H3. The highest BCUT2D eigenvalue weighted by molar-refractivity contribution is 6.11. The van der Waals surface area contributed by atoms with Crippen LogP contribution in [0.3, 0.4) is 0 Å². The normalized spacial score (nSPS) is 11.6. The van der Waals surface area contributed by atoms with Gasteiger partial charge in [0, 0.05) is 27.3 Å². The van der Waals surface area contributed by atoms with Gasteiger partial charge in [-0.05, 0) is 42.8 Å². The third-order valence-corrected chi connectivity index (χ3v) is 5.24. The second-order valence-electron chi connectivity index (χ2n) is 7.12. The van der Waals surface area contributed by atoms with Gasteiger partial charge in [-0.15, -0.1) is 0 Å². The van der Waals surface area contributed by atoms with E-state index < -0.39 is 0 Å². The number of rotatable bonds is 2. The summed E-state index contributed by atoms with van der Waals surface area (Å²) in [6, 6.07) is 18.4. The Hall–Kier alpha value is -3.99. The van der Waals surface area contributed by atoms with E-state index in [1.165, 1.54) is 6.39 Å². The van der Waals surface area contributed by atoms with E-state index in [9.17, 15) is 0 Å². The molecule has 0 aliphatic heterocycles. The van der Waals surface area contributed by atoms with Crippen molar-refractivity contribution in [3.8, 4) is 22.5 Å². The lowest BCUT2D eigenvalue weighted by Gasteiger charge is -2.08. The van der Waals surface area contributed by atoms with E-state index in [0.29, 0.717) is 0 Å². The molecule has 5 nitrogen and oxygen atoms in total. The van der Waals surface area contributed by atoms with Gasteiger partial charge in [-0.1, -0.05) is 24.3 Å². The van der Waals surface area contributed by atoms with Crippen LogP contribution in [0, 0.1) is 6.92 Å². The van der Waals surface area contributed by atoms with Crippen LogP contribution in [-0.2, 0) is 0 Å². The van der Waals surface area contributed by atoms with E-state index in [1.54, 1.807) is 12.6 Å². The van der Waals surface area contributed by atoms with Gasteiger partial charge in [0.1, 0.15) is 29.5 Å². The zero-order chi connectivity index (χ0) is 19.4. The van der Waals surface area contributed by atoms with Crippen LogP contribution in [0.15, 0.2) is 82.4 Å². The van der Waals surface area contributed by atoms with Crippen LogP contribution in [0.25, 0.3) is 55.4 Å². The molecule has 5 heteroatoms. The van der Waals surface area contributed by atoms with E-state index in [0.717, 1.165) is 60.9 Å². The Kier molecular flexibility index (Phi) is 3.32. The average molecular weight is 377 g/mol. The molecule has 0 N–H and O–H groups in total. The molecule has 6 rings (SSSR count). The van der Waals surface area contributed by atoms with E-state index in [4.69, 9.17) is 8.83 Å². The number of para-hydroxylation sites is 1. The largest absolute Gasteiger partial charge is 0.455 e. The third kappa shape index (κ3) is 2.44. The minimum Gasteiger partial charge on any atom is -0.455 e. The van der Waals surface area contributed by atoms with Crippen molar-refractivity contribution in [2.75, 3.05) is 0 Å². The number of benzene rings is 3. The summed E-state index contributed by atoms with van der Waals surface area (Å²) in [6.45, 7) is 2.09. The third-order valence-electron chi connectivity index (χ3n) is 5.24. The van der Waals surface area contributed by atoms with Crippen LogP contribution in [0.1, 0.15) is 5.56 Å². The molecule has 0 fully saturated rings. The lowest BCUT2D eigenvalue weighted by Crippen LogP contribution is -1.91. The summed E-state index contributed by atoms with van der Waals surface area (Å²) in [5.41, 5.74) is 7.29. The summed E-state index contributed by atoms with van der Waals surface area (Å²) >= 11 is 0. The van der Waals surface area contributed by atoms with Crippen molar-refractivity contribution in [2.45, 2.75) is 6.92 Å². The summed E-state index contributed by atoms with van der Waals surface area (Å²) in [5.74, 6) is 0. The average Bonchev–Trinajstić information content (AvgIpc) is 3.41. The van der Waals surface area contributed by atoms with Gasteiger partial charge >= 0.3 is 0 Å². The van der Waals surface area contributed by atoms with Gasteiger partial charge in [0.2, 0.25) is 0 Å². The number of oxazole rings is 1. The molecule has 0 amide bonds. The number of hydrogen-bond acceptors (Lipinski definition) is 5. The monoisotopic (exact) mass is 377 g/mol. The van der Waals surface area contributed by atoms with Crippen molar-refractivity contribution >= 4 is 32.8 Å². The molecule has 0 saturated heterocycles. The highest BCUT2D eigenvalue weighted by atomic mass is 16.3. The van der Waals surface area contributed by atoms with Crippen molar-refractivity contribution < 1.29 is 8.83 Å². The highest BCUT2D eigenvalue weighted by Crippen LogP contribution is 2.38. The molecule has 0 saturated carbocycles. The first-order chi connectivity index (χ1) is 14.3. The van der Waals surface area contributed by atoms with Gasteiger partial charge in [-0.3, -0.25) is 0 Å². The summed E-state index contributed by atoms with van der Waals surface area (Å²) in [5, 5.41) is 3.17. The first-order valence-corrected chi connectivity index (χ1v) is 9.33. The molecule has 0 spiro atoms. The van der Waals surface area contributed by atoms with Crippen molar-refractivity contribution in [3.05, 3.63) is 79.1 Å². The number of nitrogens with zero attached hydrogens (tertiary/aromatic N) is 3. The van der Waals surface area contributed by atoms with Crippen LogP contribution in [0.5, 0.6) is 0 Å². The molecule has 0 aliphatic carbocycles. The highest BCUT2D eigenvalue weighted by Gasteiger charge is 2.16. The summed E-state index contributed by atoms with van der Waals surface area (Å²) < 4.78 is 11.3. The number of fused-ring (bicyclic) bond motifs is 4. The second-order valence-corrected chi connectivity index (χ2v) is 7.12. The quantitative estimate of drug-likeness (QED) is 0.361. The molecule has 6 aromatic rings. The predicted molar refractivity (Wildman–Crippen MR) is 112 cm³/mol. The van der Waals surface area contributed by atoms with Crippen LogP contribution >= 0.6 is 0 Å². The Bertz CT molecular complexity index is 1510. The second kappa shape index (κ2) is 6.01. The maximum Gasteiger partial charge on any atom is 0.181 e. The predicted octanol–water partition coefficient (Wildman–Crippen LogP) is 6.16. The molecule has 3 aromatic heterocycles. The molecular weight excluding hydrogens is 362 g/mol. The number of aryl methyl sites for hydroxylation is 1. The molecule has 0 atom stereocenters. The Balaban J connectivity index is 1.65.